The Morgan fingerprint density at radius 1 is 1.00 bits per heavy atom. The highest BCUT2D eigenvalue weighted by Gasteiger charge is 2.43. The summed E-state index contributed by atoms with van der Waals surface area (Å²) in [5.74, 6) is 1.50. The van der Waals surface area contributed by atoms with Gasteiger partial charge in [0, 0.05) is 57.8 Å². The number of nitrogens with zero attached hydrogens (tertiary/aromatic N) is 3. The second-order valence-corrected chi connectivity index (χ2v) is 8.05. The third-order valence-electron chi connectivity index (χ3n) is 6.22. The van der Waals surface area contributed by atoms with Gasteiger partial charge in [0.2, 0.25) is 0 Å². The van der Waals surface area contributed by atoms with Crippen LogP contribution < -0.4 is 0 Å². The highest BCUT2D eigenvalue weighted by Crippen LogP contribution is 2.34. The molecule has 4 heteroatoms. The predicted molar refractivity (Wildman–Crippen MR) is 97.1 cm³/mol. The van der Waals surface area contributed by atoms with E-state index in [1.54, 1.807) is 0 Å². The quantitative estimate of drug-likeness (QED) is 0.840. The fraction of sp³-hybridized carbons (Fsp3) is 0.700. The lowest BCUT2D eigenvalue weighted by molar-refractivity contribution is -0.0485. The number of piperazine rings is 1. The van der Waals surface area contributed by atoms with Crippen molar-refractivity contribution < 1.29 is 4.74 Å². The van der Waals surface area contributed by atoms with Crippen molar-refractivity contribution in [1.29, 1.82) is 0 Å². The molecule has 3 atom stereocenters. The third kappa shape index (κ3) is 3.52. The maximum atomic E-state index is 6.01. The molecule has 4 nitrogen and oxygen atoms in total. The van der Waals surface area contributed by atoms with Crippen LogP contribution in [0.3, 0.4) is 0 Å². The molecule has 0 N–H and O–H groups in total. The van der Waals surface area contributed by atoms with Crippen molar-refractivity contribution >= 4 is 0 Å². The molecule has 0 bridgehead atoms. The molecule has 0 saturated carbocycles. The van der Waals surface area contributed by atoms with E-state index in [-0.39, 0.29) is 0 Å². The van der Waals surface area contributed by atoms with Gasteiger partial charge >= 0.3 is 0 Å². The van der Waals surface area contributed by atoms with E-state index >= 15 is 0 Å². The second kappa shape index (κ2) is 7.12. The molecule has 0 radical (unpaired) electrons. The van der Waals surface area contributed by atoms with E-state index in [2.05, 4.69) is 52.9 Å². The van der Waals surface area contributed by atoms with Crippen molar-refractivity contribution in [2.24, 2.45) is 11.8 Å². The Bertz CT molecular complexity index is 538. The Labute approximate surface area is 146 Å². The summed E-state index contributed by atoms with van der Waals surface area (Å²) in [5.41, 5.74) is 2.79. The molecular formula is C20H31N3O. The van der Waals surface area contributed by atoms with Crippen molar-refractivity contribution in [3.05, 3.63) is 35.4 Å². The highest BCUT2D eigenvalue weighted by molar-refractivity contribution is 5.21. The molecule has 132 valence electrons. The minimum Gasteiger partial charge on any atom is -0.379 e. The summed E-state index contributed by atoms with van der Waals surface area (Å²) >= 11 is 0. The number of hydrogen-bond acceptors (Lipinski definition) is 4. The van der Waals surface area contributed by atoms with Crippen LogP contribution in [0.2, 0.25) is 0 Å². The average molecular weight is 329 g/mol. The topological polar surface area (TPSA) is 19.0 Å². The summed E-state index contributed by atoms with van der Waals surface area (Å²) in [6.45, 7) is 12.4. The molecule has 3 aliphatic heterocycles. The van der Waals surface area contributed by atoms with E-state index in [4.69, 9.17) is 4.74 Å². The zero-order chi connectivity index (χ0) is 16.5. The molecule has 3 saturated heterocycles. The summed E-state index contributed by atoms with van der Waals surface area (Å²) in [4.78, 5) is 7.79. The molecule has 24 heavy (non-hydrogen) atoms. The minimum atomic E-state index is 0.625. The largest absolute Gasteiger partial charge is 0.379 e. The van der Waals surface area contributed by atoms with Crippen LogP contribution in [-0.2, 0) is 11.3 Å². The SMILES string of the molecule is Cc1ccc(CN2C[C@H]3COC[C@@H](N4CCN(C)CC4)[C@H]3C2)cc1. The second-order valence-electron chi connectivity index (χ2n) is 8.05. The number of hydrogen-bond donors (Lipinski definition) is 0. The molecule has 0 aliphatic carbocycles. The van der Waals surface area contributed by atoms with Crippen molar-refractivity contribution in [2.45, 2.75) is 19.5 Å². The zero-order valence-corrected chi connectivity index (χ0v) is 15.2. The van der Waals surface area contributed by atoms with Gasteiger partial charge in [-0.1, -0.05) is 29.8 Å². The van der Waals surface area contributed by atoms with E-state index in [0.717, 1.165) is 25.7 Å². The monoisotopic (exact) mass is 329 g/mol. The first-order chi connectivity index (χ1) is 11.7. The Morgan fingerprint density at radius 2 is 1.75 bits per heavy atom. The lowest BCUT2D eigenvalue weighted by atomic mass is 9.86. The van der Waals surface area contributed by atoms with Gasteiger partial charge in [-0.15, -0.1) is 0 Å². The van der Waals surface area contributed by atoms with E-state index in [0.29, 0.717) is 12.0 Å². The first-order valence-electron chi connectivity index (χ1n) is 9.47. The van der Waals surface area contributed by atoms with Gasteiger partial charge in [0.25, 0.3) is 0 Å². The number of likely N-dealkylation sites (N-methyl/N-ethyl adjacent to an activating group) is 1. The molecule has 1 aromatic rings. The lowest BCUT2D eigenvalue weighted by Crippen LogP contribution is -2.56. The van der Waals surface area contributed by atoms with Crippen molar-refractivity contribution in [1.82, 2.24) is 14.7 Å². The smallest absolute Gasteiger partial charge is 0.0625 e. The summed E-state index contributed by atoms with van der Waals surface area (Å²) in [5, 5.41) is 0. The maximum absolute atomic E-state index is 6.01. The van der Waals surface area contributed by atoms with Crippen LogP contribution in [-0.4, -0.2) is 80.3 Å². The lowest BCUT2D eigenvalue weighted by Gasteiger charge is -2.44. The molecule has 0 amide bonds. The fourth-order valence-electron chi connectivity index (χ4n) is 4.68. The first-order valence-corrected chi connectivity index (χ1v) is 9.47. The molecule has 4 rings (SSSR count). The van der Waals surface area contributed by atoms with Crippen LogP contribution in [0.1, 0.15) is 11.1 Å². The number of fused-ring (bicyclic) bond motifs is 1. The van der Waals surface area contributed by atoms with Crippen molar-refractivity contribution in [3.63, 3.8) is 0 Å². The molecule has 0 unspecified atom stereocenters. The Morgan fingerprint density at radius 3 is 2.50 bits per heavy atom. The molecule has 0 aromatic heterocycles. The van der Waals surface area contributed by atoms with E-state index in [1.807, 2.05) is 0 Å². The molecule has 3 fully saturated rings. The number of ether oxygens (including phenoxy) is 1. The number of aryl methyl sites for hydroxylation is 1. The molecule has 0 spiro atoms. The van der Waals surface area contributed by atoms with Crippen molar-refractivity contribution in [2.75, 3.05) is 59.5 Å². The molecule has 1 aromatic carbocycles. The van der Waals surface area contributed by atoms with Gasteiger partial charge in [-0.3, -0.25) is 9.80 Å². The third-order valence-corrected chi connectivity index (χ3v) is 6.22. The summed E-state index contributed by atoms with van der Waals surface area (Å²) in [6.07, 6.45) is 0. The van der Waals surface area contributed by atoms with Gasteiger partial charge in [0.05, 0.1) is 13.2 Å². The van der Waals surface area contributed by atoms with Crippen LogP contribution in [0.15, 0.2) is 24.3 Å². The van der Waals surface area contributed by atoms with E-state index in [1.165, 1.54) is 50.4 Å². The van der Waals surface area contributed by atoms with Gasteiger partial charge in [-0.2, -0.15) is 0 Å². The minimum absolute atomic E-state index is 0.625. The fourth-order valence-corrected chi connectivity index (χ4v) is 4.68. The van der Waals surface area contributed by atoms with Gasteiger partial charge in [0.1, 0.15) is 0 Å². The van der Waals surface area contributed by atoms with Gasteiger partial charge in [-0.05, 0) is 25.5 Å². The zero-order valence-electron chi connectivity index (χ0n) is 15.2. The van der Waals surface area contributed by atoms with Crippen molar-refractivity contribution in [3.8, 4) is 0 Å². The van der Waals surface area contributed by atoms with Crippen LogP contribution >= 0.6 is 0 Å². The predicted octanol–water partition coefficient (Wildman–Crippen LogP) is 1.69. The number of benzene rings is 1. The van der Waals surface area contributed by atoms with Crippen LogP contribution in [0.5, 0.6) is 0 Å². The molecule has 3 aliphatic rings. The normalized spacial score (nSPS) is 32.8. The Hall–Kier alpha value is -0.940. The molecule has 3 heterocycles. The van der Waals surface area contributed by atoms with Gasteiger partial charge in [0.15, 0.2) is 0 Å². The summed E-state index contributed by atoms with van der Waals surface area (Å²) in [6, 6.07) is 9.65. The highest BCUT2D eigenvalue weighted by atomic mass is 16.5. The Balaban J connectivity index is 1.39. The number of rotatable bonds is 3. The van der Waals surface area contributed by atoms with Gasteiger partial charge < -0.3 is 9.64 Å². The van der Waals surface area contributed by atoms with Crippen LogP contribution in [0.4, 0.5) is 0 Å². The average Bonchev–Trinajstić information content (AvgIpc) is 3.00. The standard InChI is InChI=1S/C20H31N3O/c1-16-3-5-17(6-4-16)11-22-12-18-14-24-15-20(19(18)13-22)23-9-7-21(2)8-10-23/h3-6,18-20H,7-15H2,1-2H3/t18-,19-,20+/m0/s1. The van der Waals surface area contributed by atoms with E-state index < -0.39 is 0 Å². The Kier molecular flexibility index (Phi) is 4.90. The number of likely N-dealkylation sites (tertiary alicyclic amines) is 1. The maximum Gasteiger partial charge on any atom is 0.0625 e. The summed E-state index contributed by atoms with van der Waals surface area (Å²) in [7, 11) is 2.23. The molecular weight excluding hydrogens is 298 g/mol. The van der Waals surface area contributed by atoms with Crippen LogP contribution in [0, 0.1) is 18.8 Å². The van der Waals surface area contributed by atoms with Gasteiger partial charge in [-0.25, -0.2) is 0 Å². The van der Waals surface area contributed by atoms with E-state index in [9.17, 15) is 0 Å². The van der Waals surface area contributed by atoms with Crippen LogP contribution in [0.25, 0.3) is 0 Å². The first kappa shape index (κ1) is 16.5. The summed E-state index contributed by atoms with van der Waals surface area (Å²) < 4.78 is 6.01.